The van der Waals surface area contributed by atoms with Crippen LogP contribution in [0.1, 0.15) is 6.42 Å². The number of carbonyl (C=O) groups is 2. The maximum absolute atomic E-state index is 12.0. The third-order valence-electron chi connectivity index (χ3n) is 3.77. The van der Waals surface area contributed by atoms with Gasteiger partial charge in [0.1, 0.15) is 0 Å². The van der Waals surface area contributed by atoms with Gasteiger partial charge in [-0.15, -0.1) is 11.8 Å². The molecule has 1 aliphatic heterocycles. The quantitative estimate of drug-likeness (QED) is 0.603. The Bertz CT molecular complexity index is 536. The summed E-state index contributed by atoms with van der Waals surface area (Å²) in [6.07, 6.45) is 2.84. The van der Waals surface area contributed by atoms with Crippen molar-refractivity contribution in [3.8, 4) is 0 Å². The van der Waals surface area contributed by atoms with Gasteiger partial charge in [0.15, 0.2) is 0 Å². The summed E-state index contributed by atoms with van der Waals surface area (Å²) in [6, 6.07) is 7.41. The lowest BCUT2D eigenvalue weighted by molar-refractivity contribution is -0.136. The number of rotatable bonds is 6. The van der Waals surface area contributed by atoms with Crippen molar-refractivity contribution < 1.29 is 14.3 Å². The van der Waals surface area contributed by atoms with E-state index in [1.54, 1.807) is 31.0 Å². The second-order valence-corrected chi connectivity index (χ2v) is 6.31. The van der Waals surface area contributed by atoms with Crippen molar-refractivity contribution in [1.82, 2.24) is 10.2 Å². The van der Waals surface area contributed by atoms with Crippen LogP contribution in [0, 0.1) is 0 Å². The van der Waals surface area contributed by atoms with Crippen molar-refractivity contribution in [2.45, 2.75) is 17.4 Å². The third kappa shape index (κ3) is 5.53. The van der Waals surface area contributed by atoms with Crippen LogP contribution in [0.25, 0.3) is 0 Å². The largest absolute Gasteiger partial charge is 0.383 e. The molecule has 0 bridgehead atoms. The molecule has 0 unspecified atom stereocenters. The maximum atomic E-state index is 12.0. The average Bonchev–Trinajstić information content (AvgIpc) is 3.01. The number of anilines is 1. The summed E-state index contributed by atoms with van der Waals surface area (Å²) >= 11 is 1.62. The van der Waals surface area contributed by atoms with E-state index >= 15 is 0 Å². The van der Waals surface area contributed by atoms with Gasteiger partial charge in [-0.3, -0.25) is 14.5 Å². The molecule has 1 aliphatic rings. The van der Waals surface area contributed by atoms with Crippen LogP contribution >= 0.6 is 11.8 Å². The SMILES string of the molecule is COCCN1CC[C@H](NC(=O)C(=O)Nc2ccc(SC)cc2)C1. The number of likely N-dealkylation sites (tertiary alicyclic amines) is 1. The van der Waals surface area contributed by atoms with Gasteiger partial charge in [-0.25, -0.2) is 0 Å². The molecule has 6 nitrogen and oxygen atoms in total. The van der Waals surface area contributed by atoms with Gasteiger partial charge in [0.05, 0.1) is 6.61 Å². The van der Waals surface area contributed by atoms with Crippen LogP contribution in [-0.4, -0.2) is 62.4 Å². The van der Waals surface area contributed by atoms with Crippen molar-refractivity contribution in [2.24, 2.45) is 0 Å². The Morgan fingerprint density at radius 1 is 1.30 bits per heavy atom. The highest BCUT2D eigenvalue weighted by molar-refractivity contribution is 7.98. The fourth-order valence-electron chi connectivity index (χ4n) is 2.49. The van der Waals surface area contributed by atoms with E-state index in [1.165, 1.54) is 0 Å². The number of hydrogen-bond acceptors (Lipinski definition) is 5. The molecule has 0 radical (unpaired) electrons. The first kappa shape index (κ1) is 17.8. The summed E-state index contributed by atoms with van der Waals surface area (Å²) in [5.41, 5.74) is 0.621. The molecule has 2 amide bonds. The molecule has 1 atom stereocenters. The fourth-order valence-corrected chi connectivity index (χ4v) is 2.90. The zero-order valence-corrected chi connectivity index (χ0v) is 14.3. The molecule has 0 aromatic heterocycles. The average molecular weight is 337 g/mol. The first-order valence-electron chi connectivity index (χ1n) is 7.59. The van der Waals surface area contributed by atoms with E-state index in [9.17, 15) is 9.59 Å². The van der Waals surface area contributed by atoms with Crippen molar-refractivity contribution in [1.29, 1.82) is 0 Å². The molecule has 7 heteroatoms. The number of amides is 2. The number of carbonyl (C=O) groups excluding carboxylic acids is 2. The van der Waals surface area contributed by atoms with Gasteiger partial charge in [-0.2, -0.15) is 0 Å². The van der Waals surface area contributed by atoms with Gasteiger partial charge in [-0.05, 0) is 36.9 Å². The van der Waals surface area contributed by atoms with Gasteiger partial charge in [0.25, 0.3) is 0 Å². The van der Waals surface area contributed by atoms with Crippen molar-refractivity contribution in [2.75, 3.05) is 44.9 Å². The zero-order chi connectivity index (χ0) is 16.7. The van der Waals surface area contributed by atoms with Gasteiger partial charge >= 0.3 is 11.8 Å². The smallest absolute Gasteiger partial charge is 0.313 e. The van der Waals surface area contributed by atoms with Crippen molar-refractivity contribution in [3.63, 3.8) is 0 Å². The number of hydrogen-bond donors (Lipinski definition) is 2. The zero-order valence-electron chi connectivity index (χ0n) is 13.5. The lowest BCUT2D eigenvalue weighted by atomic mass is 10.2. The van der Waals surface area contributed by atoms with E-state index in [0.717, 1.165) is 31.0 Å². The highest BCUT2D eigenvalue weighted by atomic mass is 32.2. The summed E-state index contributed by atoms with van der Waals surface area (Å²) in [6.45, 7) is 3.18. The molecule has 2 N–H and O–H groups in total. The van der Waals surface area contributed by atoms with Crippen LogP contribution < -0.4 is 10.6 Å². The number of benzene rings is 1. The molecule has 23 heavy (non-hydrogen) atoms. The molecule has 1 fully saturated rings. The fraction of sp³-hybridized carbons (Fsp3) is 0.500. The molecule has 126 valence electrons. The molecule has 2 rings (SSSR count). The van der Waals surface area contributed by atoms with E-state index in [0.29, 0.717) is 12.3 Å². The number of ether oxygens (including phenoxy) is 1. The van der Waals surface area contributed by atoms with Crippen molar-refractivity contribution >= 4 is 29.3 Å². The lowest BCUT2D eigenvalue weighted by Crippen LogP contribution is -2.43. The van der Waals surface area contributed by atoms with Gasteiger partial charge in [-0.1, -0.05) is 0 Å². The highest BCUT2D eigenvalue weighted by Crippen LogP contribution is 2.17. The Kier molecular flexibility index (Phi) is 6.88. The van der Waals surface area contributed by atoms with Crippen LogP contribution in [0.2, 0.25) is 0 Å². The topological polar surface area (TPSA) is 70.7 Å². The molecule has 0 aliphatic carbocycles. The summed E-state index contributed by atoms with van der Waals surface area (Å²) in [5, 5.41) is 5.41. The first-order valence-corrected chi connectivity index (χ1v) is 8.82. The molecular weight excluding hydrogens is 314 g/mol. The Morgan fingerprint density at radius 2 is 2.04 bits per heavy atom. The van der Waals surface area contributed by atoms with E-state index < -0.39 is 11.8 Å². The minimum Gasteiger partial charge on any atom is -0.383 e. The highest BCUT2D eigenvalue weighted by Gasteiger charge is 2.25. The summed E-state index contributed by atoms with van der Waals surface area (Å²) in [7, 11) is 1.67. The third-order valence-corrected chi connectivity index (χ3v) is 4.52. The van der Waals surface area contributed by atoms with Crippen LogP contribution in [0.4, 0.5) is 5.69 Å². The normalized spacial score (nSPS) is 17.9. The number of nitrogens with zero attached hydrogens (tertiary/aromatic N) is 1. The Hall–Kier alpha value is -1.57. The van der Waals surface area contributed by atoms with E-state index in [4.69, 9.17) is 4.74 Å². The molecular formula is C16H23N3O3S. The lowest BCUT2D eigenvalue weighted by Gasteiger charge is -2.16. The summed E-state index contributed by atoms with van der Waals surface area (Å²) in [5.74, 6) is -1.21. The Morgan fingerprint density at radius 3 is 2.70 bits per heavy atom. The minimum absolute atomic E-state index is 0.0176. The number of thioether (sulfide) groups is 1. The molecule has 1 saturated heterocycles. The molecule has 1 aromatic rings. The van der Waals surface area contributed by atoms with E-state index in [1.807, 2.05) is 18.4 Å². The maximum Gasteiger partial charge on any atom is 0.313 e. The minimum atomic E-state index is -0.628. The second-order valence-electron chi connectivity index (χ2n) is 5.44. The second kappa shape index (κ2) is 8.90. The Balaban J connectivity index is 1.77. The van der Waals surface area contributed by atoms with Gasteiger partial charge < -0.3 is 15.4 Å². The van der Waals surface area contributed by atoms with Gasteiger partial charge in [0.2, 0.25) is 0 Å². The summed E-state index contributed by atoms with van der Waals surface area (Å²) in [4.78, 5) is 27.2. The van der Waals surface area contributed by atoms with Crippen LogP contribution in [0.5, 0.6) is 0 Å². The standard InChI is InChI=1S/C16H23N3O3S/c1-22-10-9-19-8-7-13(11-19)18-16(21)15(20)17-12-3-5-14(23-2)6-4-12/h3-6,13H,7-11H2,1-2H3,(H,17,20)(H,18,21)/t13-/m0/s1. The van der Waals surface area contributed by atoms with E-state index in [2.05, 4.69) is 15.5 Å². The molecule has 0 saturated carbocycles. The number of nitrogens with one attached hydrogen (secondary N) is 2. The van der Waals surface area contributed by atoms with E-state index in [-0.39, 0.29) is 6.04 Å². The number of methoxy groups -OCH3 is 1. The predicted molar refractivity (Wildman–Crippen MR) is 91.7 cm³/mol. The Labute approximate surface area is 140 Å². The first-order chi connectivity index (χ1) is 11.1. The monoisotopic (exact) mass is 337 g/mol. The molecule has 1 heterocycles. The molecule has 1 aromatic carbocycles. The summed E-state index contributed by atoms with van der Waals surface area (Å²) < 4.78 is 5.05. The van der Waals surface area contributed by atoms with Crippen molar-refractivity contribution in [3.05, 3.63) is 24.3 Å². The van der Waals surface area contributed by atoms with Crippen LogP contribution in [-0.2, 0) is 14.3 Å². The van der Waals surface area contributed by atoms with Crippen LogP contribution in [0.3, 0.4) is 0 Å². The van der Waals surface area contributed by atoms with Crippen LogP contribution in [0.15, 0.2) is 29.2 Å². The molecule has 0 spiro atoms. The van der Waals surface area contributed by atoms with Gasteiger partial charge in [0, 0.05) is 43.4 Å². The predicted octanol–water partition coefficient (Wildman–Crippen LogP) is 1.18.